The van der Waals surface area contributed by atoms with Crippen LogP contribution >= 0.6 is 0 Å². The first-order chi connectivity index (χ1) is 16.7. The highest BCUT2D eigenvalue weighted by Gasteiger charge is 2.28. The molecule has 1 saturated heterocycles. The summed E-state index contributed by atoms with van der Waals surface area (Å²) >= 11 is 0. The molecule has 1 aliphatic heterocycles. The molecular weight excluding hydrogens is 420 g/mol. The van der Waals surface area contributed by atoms with Gasteiger partial charge in [-0.1, -0.05) is 37.5 Å². The number of fused-ring (bicyclic) bond motifs is 1. The van der Waals surface area contributed by atoms with Gasteiger partial charge in [-0.3, -0.25) is 4.79 Å². The number of nitrogens with one attached hydrogen (secondary N) is 1. The average molecular weight is 455 g/mol. The molecule has 5 nitrogen and oxygen atoms in total. The van der Waals surface area contributed by atoms with E-state index in [9.17, 15) is 10.1 Å². The molecule has 1 amide bonds. The van der Waals surface area contributed by atoms with Gasteiger partial charge in [0.25, 0.3) is 0 Å². The molecule has 0 spiro atoms. The highest BCUT2D eigenvalue weighted by atomic mass is 16.2. The Bertz CT molecular complexity index is 1160. The Labute approximate surface area is 202 Å². The van der Waals surface area contributed by atoms with Crippen molar-refractivity contribution >= 4 is 22.5 Å². The van der Waals surface area contributed by atoms with Gasteiger partial charge >= 0.3 is 0 Å². The molecule has 5 heteroatoms. The zero-order valence-electron chi connectivity index (χ0n) is 19.9. The number of nitriles is 1. The molecule has 1 unspecified atom stereocenters. The van der Waals surface area contributed by atoms with E-state index in [1.807, 2.05) is 41.3 Å². The Hall–Kier alpha value is -3.10. The summed E-state index contributed by atoms with van der Waals surface area (Å²) in [5.41, 5.74) is 4.12. The second-order valence-corrected chi connectivity index (χ2v) is 9.99. The van der Waals surface area contributed by atoms with Crippen molar-refractivity contribution in [3.63, 3.8) is 0 Å². The summed E-state index contributed by atoms with van der Waals surface area (Å²) in [5, 5.41) is 10.5. The fourth-order valence-electron chi connectivity index (χ4n) is 5.83. The first kappa shape index (κ1) is 22.7. The third-order valence-electron chi connectivity index (χ3n) is 7.75. The molecule has 1 aromatic heterocycles. The van der Waals surface area contributed by atoms with E-state index < -0.39 is 0 Å². The molecule has 2 fully saturated rings. The van der Waals surface area contributed by atoms with Gasteiger partial charge in [0, 0.05) is 48.8 Å². The van der Waals surface area contributed by atoms with E-state index in [1.54, 1.807) is 0 Å². The van der Waals surface area contributed by atoms with Gasteiger partial charge in [0.05, 0.1) is 11.6 Å². The molecule has 176 valence electrons. The summed E-state index contributed by atoms with van der Waals surface area (Å²) < 4.78 is 0. The number of nitrogens with zero attached hydrogens (tertiary/aromatic N) is 3. The second kappa shape index (κ2) is 10.4. The average Bonchev–Trinajstić information content (AvgIpc) is 3.52. The van der Waals surface area contributed by atoms with Crippen molar-refractivity contribution in [3.8, 4) is 6.07 Å². The van der Waals surface area contributed by atoms with E-state index in [-0.39, 0.29) is 5.91 Å². The molecule has 2 aliphatic rings. The van der Waals surface area contributed by atoms with Crippen molar-refractivity contribution in [2.45, 2.75) is 50.9 Å². The third kappa shape index (κ3) is 5.03. The molecule has 1 N–H and O–H groups in total. The van der Waals surface area contributed by atoms with Gasteiger partial charge in [-0.05, 0) is 73.5 Å². The molecule has 5 rings (SSSR count). The summed E-state index contributed by atoms with van der Waals surface area (Å²) in [6.07, 6.45) is 10.1. The van der Waals surface area contributed by atoms with Gasteiger partial charge in [-0.2, -0.15) is 5.26 Å². The number of likely N-dealkylation sites (tertiary alicyclic amines) is 1. The number of carbonyl (C=O) groups excluding carboxylic acids is 1. The molecule has 1 saturated carbocycles. The number of hydrogen-bond acceptors (Lipinski definition) is 3. The lowest BCUT2D eigenvalue weighted by atomic mass is 9.86. The van der Waals surface area contributed by atoms with Crippen molar-refractivity contribution in [2.75, 3.05) is 31.1 Å². The van der Waals surface area contributed by atoms with E-state index >= 15 is 0 Å². The minimum absolute atomic E-state index is 0.273. The van der Waals surface area contributed by atoms with Crippen LogP contribution in [0.5, 0.6) is 0 Å². The van der Waals surface area contributed by atoms with Gasteiger partial charge in [0.15, 0.2) is 0 Å². The number of aromatic nitrogens is 1. The smallest absolute Gasteiger partial charge is 0.227 e. The number of H-pyrrole nitrogens is 1. The van der Waals surface area contributed by atoms with Crippen LogP contribution in [0.3, 0.4) is 0 Å². The lowest BCUT2D eigenvalue weighted by Crippen LogP contribution is -2.39. The summed E-state index contributed by atoms with van der Waals surface area (Å²) in [7, 11) is 0. The molecule has 0 bridgehead atoms. The molecule has 3 aromatic rings. The third-order valence-corrected chi connectivity index (χ3v) is 7.75. The Kier molecular flexibility index (Phi) is 6.97. The maximum absolute atomic E-state index is 13.4. The van der Waals surface area contributed by atoms with Crippen molar-refractivity contribution in [1.82, 2.24) is 9.88 Å². The van der Waals surface area contributed by atoms with Crippen LogP contribution in [0.2, 0.25) is 0 Å². The zero-order chi connectivity index (χ0) is 23.3. The van der Waals surface area contributed by atoms with Crippen molar-refractivity contribution in [1.29, 1.82) is 5.26 Å². The Morgan fingerprint density at radius 3 is 2.71 bits per heavy atom. The minimum Gasteiger partial charge on any atom is -0.361 e. The van der Waals surface area contributed by atoms with Crippen molar-refractivity contribution in [3.05, 3.63) is 65.9 Å². The van der Waals surface area contributed by atoms with Crippen LogP contribution in [-0.2, 0) is 4.79 Å². The number of rotatable bonds is 7. The van der Waals surface area contributed by atoms with Gasteiger partial charge < -0.3 is 14.8 Å². The number of anilines is 1. The summed E-state index contributed by atoms with van der Waals surface area (Å²) in [6, 6.07) is 18.3. The molecule has 1 atom stereocenters. The number of benzene rings is 2. The summed E-state index contributed by atoms with van der Waals surface area (Å²) in [4.78, 5) is 21.2. The van der Waals surface area contributed by atoms with Gasteiger partial charge in [-0.15, -0.1) is 0 Å². The fraction of sp³-hybridized carbons (Fsp3) is 0.448. The van der Waals surface area contributed by atoms with Crippen molar-refractivity contribution in [2.24, 2.45) is 5.92 Å². The molecule has 0 radical (unpaired) electrons. The van der Waals surface area contributed by atoms with E-state index in [1.165, 1.54) is 43.1 Å². The van der Waals surface area contributed by atoms with E-state index in [0.29, 0.717) is 23.8 Å². The van der Waals surface area contributed by atoms with E-state index in [0.717, 1.165) is 43.8 Å². The molecule has 2 heterocycles. The number of aromatic amines is 1. The first-order valence-corrected chi connectivity index (χ1v) is 12.8. The first-order valence-electron chi connectivity index (χ1n) is 12.8. The van der Waals surface area contributed by atoms with Gasteiger partial charge in [0.1, 0.15) is 0 Å². The predicted octanol–water partition coefficient (Wildman–Crippen LogP) is 5.83. The second-order valence-electron chi connectivity index (χ2n) is 9.99. The van der Waals surface area contributed by atoms with Crippen LogP contribution in [0, 0.1) is 17.2 Å². The Morgan fingerprint density at radius 2 is 1.91 bits per heavy atom. The largest absolute Gasteiger partial charge is 0.361 e. The maximum atomic E-state index is 13.4. The van der Waals surface area contributed by atoms with Gasteiger partial charge in [-0.25, -0.2) is 0 Å². The fourth-order valence-corrected chi connectivity index (χ4v) is 5.83. The standard InChI is InChI=1S/C29H34N4O/c30-19-23-11-12-28-26(17-23)27(20-31-28)24-13-14-32(21-24)15-16-33(25-9-5-2-6-10-25)29(34)18-22-7-3-1-4-8-22/h2,5-6,9-12,17,20,22,24,31H,1,3-4,7-8,13-16,18,21H2. The number of para-hydroxylation sites is 1. The van der Waals surface area contributed by atoms with Crippen LogP contribution in [0.15, 0.2) is 54.7 Å². The van der Waals surface area contributed by atoms with Crippen LogP contribution in [0.4, 0.5) is 5.69 Å². The highest BCUT2D eigenvalue weighted by molar-refractivity contribution is 5.93. The lowest BCUT2D eigenvalue weighted by molar-refractivity contribution is -0.119. The number of carbonyl (C=O) groups is 1. The van der Waals surface area contributed by atoms with Crippen LogP contribution in [-0.4, -0.2) is 42.0 Å². The Morgan fingerprint density at radius 1 is 1.09 bits per heavy atom. The lowest BCUT2D eigenvalue weighted by Gasteiger charge is -2.28. The van der Waals surface area contributed by atoms with Crippen LogP contribution in [0.25, 0.3) is 10.9 Å². The molecule has 1 aliphatic carbocycles. The normalized spacial score (nSPS) is 19.3. The monoisotopic (exact) mass is 454 g/mol. The van der Waals surface area contributed by atoms with E-state index in [4.69, 9.17) is 0 Å². The van der Waals surface area contributed by atoms with Gasteiger partial charge in [0.2, 0.25) is 5.91 Å². The predicted molar refractivity (Wildman–Crippen MR) is 137 cm³/mol. The molecule has 34 heavy (non-hydrogen) atoms. The molecule has 2 aromatic carbocycles. The minimum atomic E-state index is 0.273. The SMILES string of the molecule is N#Cc1ccc2[nH]cc(C3CCN(CCN(C(=O)CC4CCCCC4)c4ccccc4)C3)c2c1. The van der Waals surface area contributed by atoms with Crippen molar-refractivity contribution < 1.29 is 4.79 Å². The summed E-state index contributed by atoms with van der Waals surface area (Å²) in [5.74, 6) is 1.27. The summed E-state index contributed by atoms with van der Waals surface area (Å²) in [6.45, 7) is 3.64. The van der Waals surface area contributed by atoms with Crippen LogP contribution < -0.4 is 4.90 Å². The van der Waals surface area contributed by atoms with E-state index in [2.05, 4.69) is 34.3 Å². The maximum Gasteiger partial charge on any atom is 0.227 e. The topological polar surface area (TPSA) is 63.1 Å². The zero-order valence-corrected chi connectivity index (χ0v) is 19.9. The van der Waals surface area contributed by atoms with Crippen LogP contribution in [0.1, 0.15) is 62.0 Å². The number of amides is 1. The molecular formula is C29H34N4O. The highest BCUT2D eigenvalue weighted by Crippen LogP contribution is 2.33. The number of hydrogen-bond donors (Lipinski definition) is 1. The quantitative estimate of drug-likeness (QED) is 0.488. The Balaban J connectivity index is 1.24.